The van der Waals surface area contributed by atoms with Gasteiger partial charge in [0.2, 0.25) is 5.70 Å². The van der Waals surface area contributed by atoms with E-state index in [4.69, 9.17) is 0 Å². The second-order valence-corrected chi connectivity index (χ2v) is 1.72. The van der Waals surface area contributed by atoms with Gasteiger partial charge in [-0.2, -0.15) is 0 Å². The van der Waals surface area contributed by atoms with Crippen LogP contribution in [0.2, 0.25) is 0 Å². The zero-order valence-corrected chi connectivity index (χ0v) is 4.73. The summed E-state index contributed by atoms with van der Waals surface area (Å²) in [6.45, 7) is 0.360. The summed E-state index contributed by atoms with van der Waals surface area (Å²) < 4.78 is 1.21. The molecule has 0 spiro atoms. The standard InChI is InChI=1S/C3H3N3OS/c7-2-3-1-6(8)5-4-3/h4H,1H2. The lowest BCUT2D eigenvalue weighted by Gasteiger charge is -1.90. The molecule has 1 N–H and O–H groups in total. The van der Waals surface area contributed by atoms with Crippen LogP contribution in [0.5, 0.6) is 0 Å². The molecule has 0 atom stereocenters. The van der Waals surface area contributed by atoms with Gasteiger partial charge in [-0.3, -0.25) is 4.10 Å². The van der Waals surface area contributed by atoms with Crippen LogP contribution in [0.4, 0.5) is 0 Å². The minimum absolute atomic E-state index is 0.360. The fourth-order valence-electron chi connectivity index (χ4n) is 0.377. The molecular weight excluding hydrogens is 126 g/mol. The first-order valence-electron chi connectivity index (χ1n) is 1.98. The molecule has 4 nitrogen and oxygen atoms in total. The van der Waals surface area contributed by atoms with E-state index in [0.717, 1.165) is 0 Å². The molecule has 0 radical (unpaired) electrons. The lowest BCUT2D eigenvalue weighted by molar-refractivity contribution is -0.403. The first-order chi connectivity index (χ1) is 3.83. The van der Waals surface area contributed by atoms with Crippen LogP contribution in [0.3, 0.4) is 0 Å². The molecule has 0 bridgehead atoms. The summed E-state index contributed by atoms with van der Waals surface area (Å²) >= 11 is 4.55. The molecule has 0 saturated heterocycles. The maximum atomic E-state index is 9.80. The molecule has 0 amide bonds. The Kier molecular flexibility index (Phi) is 1.24. The van der Waals surface area contributed by atoms with Crippen LogP contribution < -0.4 is 5.43 Å². The average molecular weight is 129 g/mol. The minimum atomic E-state index is 0.360. The topological polar surface area (TPSA) is 44.5 Å². The summed E-state index contributed by atoms with van der Waals surface area (Å²) in [6.07, 6.45) is 0. The zero-order chi connectivity index (χ0) is 5.98. The van der Waals surface area contributed by atoms with Crippen LogP contribution in [0, 0.1) is 0 Å². The van der Waals surface area contributed by atoms with Crippen LogP contribution in [0.25, 0.3) is 0 Å². The molecule has 0 saturated carbocycles. The molecule has 0 unspecified atom stereocenters. The molecule has 1 aliphatic rings. The van der Waals surface area contributed by atoms with E-state index < -0.39 is 0 Å². The van der Waals surface area contributed by atoms with E-state index in [1.54, 1.807) is 5.94 Å². The van der Waals surface area contributed by atoms with Gasteiger partial charge in [-0.1, -0.05) is 0 Å². The molecule has 1 heterocycles. The van der Waals surface area contributed by atoms with Gasteiger partial charge in [0.1, 0.15) is 0 Å². The molecule has 8 heavy (non-hydrogen) atoms. The second-order valence-electron chi connectivity index (χ2n) is 1.30. The highest BCUT2D eigenvalue weighted by molar-refractivity contribution is 7.51. The van der Waals surface area contributed by atoms with Crippen molar-refractivity contribution in [3.8, 4) is 0 Å². The van der Waals surface area contributed by atoms with Gasteiger partial charge >= 0.3 is 0 Å². The normalized spacial score (nSPS) is 17.0. The molecule has 0 aliphatic carbocycles. The smallest absolute Gasteiger partial charge is 0.248 e. The highest BCUT2D eigenvalue weighted by atomic mass is 32.1. The van der Waals surface area contributed by atoms with Gasteiger partial charge in [0, 0.05) is 0 Å². The van der Waals surface area contributed by atoms with Gasteiger partial charge in [-0.15, -0.1) is 5.43 Å². The van der Waals surface area contributed by atoms with E-state index in [9.17, 15) is 4.79 Å². The molecule has 5 heteroatoms. The van der Waals surface area contributed by atoms with Gasteiger partial charge in [0.25, 0.3) is 0 Å². The van der Waals surface area contributed by atoms with E-state index in [1.165, 1.54) is 4.10 Å². The third-order valence-electron chi connectivity index (χ3n) is 0.713. The Balaban J connectivity index is 2.69. The molecule has 0 aromatic heterocycles. The first-order valence-corrected chi connectivity index (χ1v) is 2.35. The number of hydrogen-bond acceptors (Lipinski definition) is 4. The predicted molar refractivity (Wildman–Crippen MR) is 27.3 cm³/mol. The number of nitrogens with one attached hydrogen (secondary N) is 1. The molecule has 0 fully saturated rings. The Labute approximate surface area is 51.4 Å². The Bertz CT molecular complexity index is 181. The number of hydrogen-bond donors (Lipinski definition) is 1. The summed E-state index contributed by atoms with van der Waals surface area (Å²) in [6, 6.07) is 0. The van der Waals surface area contributed by atoms with Gasteiger partial charge in [-0.05, 0) is 0 Å². The van der Waals surface area contributed by atoms with Crippen LogP contribution in [-0.4, -0.2) is 16.6 Å². The predicted octanol–water partition coefficient (Wildman–Crippen LogP) is -0.853. The molecule has 0 aromatic carbocycles. The van der Waals surface area contributed by atoms with Crippen LogP contribution in [0.1, 0.15) is 0 Å². The maximum Gasteiger partial charge on any atom is 0.248 e. The minimum Gasteiger partial charge on any atom is -0.533 e. The van der Waals surface area contributed by atoms with Crippen molar-refractivity contribution in [3.05, 3.63) is 5.70 Å². The fraction of sp³-hybridized carbons (Fsp3) is 0.333. The third-order valence-corrected chi connectivity index (χ3v) is 0.924. The van der Waals surface area contributed by atoms with Crippen molar-refractivity contribution in [3.63, 3.8) is 0 Å². The molecule has 42 valence electrons. The first kappa shape index (κ1) is 5.21. The van der Waals surface area contributed by atoms with E-state index >= 15 is 0 Å². The highest BCUT2D eigenvalue weighted by Gasteiger charge is 2.09. The summed E-state index contributed by atoms with van der Waals surface area (Å²) in [7, 11) is 0. The van der Waals surface area contributed by atoms with E-state index in [-0.39, 0.29) is 0 Å². The summed E-state index contributed by atoms with van der Waals surface area (Å²) in [5.74, 6) is 1.65. The molecule has 1 rings (SSSR count). The SMILES string of the molecule is O=C=C1C[N+]([S-])=NN1. The van der Waals surface area contributed by atoms with Crippen molar-refractivity contribution < 1.29 is 8.90 Å². The Morgan fingerprint density at radius 3 is 3.00 bits per heavy atom. The van der Waals surface area contributed by atoms with Crippen molar-refractivity contribution in [2.45, 2.75) is 0 Å². The van der Waals surface area contributed by atoms with Crippen molar-refractivity contribution >= 4 is 18.8 Å². The molecule has 1 aliphatic heterocycles. The van der Waals surface area contributed by atoms with Crippen molar-refractivity contribution in [1.29, 1.82) is 0 Å². The Morgan fingerprint density at radius 2 is 2.75 bits per heavy atom. The monoisotopic (exact) mass is 129 g/mol. The molecule has 0 aromatic rings. The van der Waals surface area contributed by atoms with Gasteiger partial charge in [0.15, 0.2) is 12.5 Å². The third kappa shape index (κ3) is 0.828. The highest BCUT2D eigenvalue weighted by Crippen LogP contribution is 1.91. The van der Waals surface area contributed by atoms with E-state index in [2.05, 4.69) is 23.5 Å². The van der Waals surface area contributed by atoms with Crippen LogP contribution >= 0.6 is 0 Å². The van der Waals surface area contributed by atoms with Crippen LogP contribution in [-0.2, 0) is 17.6 Å². The van der Waals surface area contributed by atoms with Crippen molar-refractivity contribution in [2.24, 2.45) is 5.22 Å². The van der Waals surface area contributed by atoms with Gasteiger partial charge in [0.05, 0.1) is 5.22 Å². The largest absolute Gasteiger partial charge is 0.533 e. The second kappa shape index (κ2) is 1.90. The summed E-state index contributed by atoms with van der Waals surface area (Å²) in [4.78, 5) is 9.80. The summed E-state index contributed by atoms with van der Waals surface area (Å²) in [5, 5.41) is 3.49. The summed E-state index contributed by atoms with van der Waals surface area (Å²) in [5.41, 5.74) is 2.78. The zero-order valence-electron chi connectivity index (χ0n) is 3.92. The number of carbonyl (C=O) groups excluding carboxylic acids is 1. The van der Waals surface area contributed by atoms with Gasteiger partial charge in [-0.25, -0.2) is 4.79 Å². The van der Waals surface area contributed by atoms with Gasteiger partial charge < -0.3 is 12.8 Å². The van der Waals surface area contributed by atoms with E-state index in [0.29, 0.717) is 12.2 Å². The lowest BCUT2D eigenvalue weighted by atomic mass is 10.5. The maximum absolute atomic E-state index is 9.80. The lowest BCUT2D eigenvalue weighted by Crippen LogP contribution is -2.02. The van der Waals surface area contributed by atoms with Crippen molar-refractivity contribution in [1.82, 2.24) is 5.43 Å². The Hall–Kier alpha value is -0.930. The molecular formula is C3H3N3OS. The van der Waals surface area contributed by atoms with Crippen molar-refractivity contribution in [2.75, 3.05) is 6.54 Å². The average Bonchev–Trinajstić information content (AvgIpc) is 2.14. The fourth-order valence-corrected chi connectivity index (χ4v) is 0.547. The number of rotatable bonds is 0. The quantitative estimate of drug-likeness (QED) is 0.263. The number of nitrogens with zero attached hydrogens (tertiary/aromatic N) is 2. The van der Waals surface area contributed by atoms with Crippen LogP contribution in [0.15, 0.2) is 10.9 Å². The van der Waals surface area contributed by atoms with E-state index in [1.807, 2.05) is 0 Å². The Morgan fingerprint density at radius 1 is 2.00 bits per heavy atom.